The fourth-order valence-electron chi connectivity index (χ4n) is 3.59. The van der Waals surface area contributed by atoms with Crippen LogP contribution < -0.4 is 15.1 Å². The molecule has 0 bridgehead atoms. The molecule has 0 radical (unpaired) electrons. The number of carbonyl (C=O) groups is 2. The van der Waals surface area contributed by atoms with Crippen molar-refractivity contribution >= 4 is 40.8 Å². The van der Waals surface area contributed by atoms with Gasteiger partial charge in [0.2, 0.25) is 0 Å². The summed E-state index contributed by atoms with van der Waals surface area (Å²) in [7, 11) is 0. The fourth-order valence-corrected chi connectivity index (χ4v) is 3.68. The molecule has 2 fully saturated rings. The Hall–Kier alpha value is -2.69. The molecule has 0 aliphatic carbocycles. The molecular weight excluding hydrogens is 442 g/mol. The van der Waals surface area contributed by atoms with E-state index in [-0.39, 0.29) is 43.5 Å². The highest BCUT2D eigenvalue weighted by Crippen LogP contribution is 2.31. The zero-order valence-electron chi connectivity index (χ0n) is 18.4. The molecule has 2 aliphatic rings. The number of amides is 2. The van der Waals surface area contributed by atoms with E-state index in [2.05, 4.69) is 5.32 Å². The van der Waals surface area contributed by atoms with E-state index in [0.717, 1.165) is 12.1 Å². The molecule has 1 N–H and O–H groups in total. The monoisotopic (exact) mass is 470 g/mol. The molecule has 2 saturated heterocycles. The standard InChI is InChI=1S/C21H28F2N4O4S/c1-4-30-20(28)26-7-5-25(6-8-26)18-16(22)9-14(10-17(18)23)27-12-15(31-21(27)29)11-24-19(32)13(2)3/h9-10,13,15H,4-8,11-12H2,1-3H3,(H,24,32). The first-order valence-electron chi connectivity index (χ1n) is 10.6. The van der Waals surface area contributed by atoms with Crippen LogP contribution in [0.5, 0.6) is 0 Å². The number of halogens is 2. The summed E-state index contributed by atoms with van der Waals surface area (Å²) in [6.45, 7) is 7.49. The van der Waals surface area contributed by atoms with Gasteiger partial charge in [-0.05, 0) is 6.92 Å². The van der Waals surface area contributed by atoms with Gasteiger partial charge in [0, 0.05) is 44.2 Å². The first-order valence-corrected chi connectivity index (χ1v) is 11.0. The van der Waals surface area contributed by atoms with Crippen molar-refractivity contribution < 1.29 is 27.8 Å². The van der Waals surface area contributed by atoms with E-state index in [1.807, 2.05) is 13.8 Å². The quantitative estimate of drug-likeness (QED) is 0.641. The summed E-state index contributed by atoms with van der Waals surface area (Å²) in [6, 6.07) is 2.26. The van der Waals surface area contributed by atoms with Crippen LogP contribution in [0.4, 0.5) is 29.7 Å². The van der Waals surface area contributed by atoms with Crippen molar-refractivity contribution in [3.63, 3.8) is 0 Å². The number of cyclic esters (lactones) is 1. The second kappa shape index (κ2) is 10.3. The van der Waals surface area contributed by atoms with Gasteiger partial charge in [0.25, 0.3) is 0 Å². The summed E-state index contributed by atoms with van der Waals surface area (Å²) in [4.78, 5) is 29.0. The van der Waals surface area contributed by atoms with Gasteiger partial charge in [0.1, 0.15) is 11.8 Å². The van der Waals surface area contributed by atoms with Crippen molar-refractivity contribution in [2.24, 2.45) is 5.92 Å². The molecule has 0 aromatic heterocycles. The Kier molecular flexibility index (Phi) is 7.70. The lowest BCUT2D eigenvalue weighted by atomic mass is 10.2. The second-order valence-electron chi connectivity index (χ2n) is 7.95. The zero-order chi connectivity index (χ0) is 23.4. The molecule has 11 heteroatoms. The van der Waals surface area contributed by atoms with Crippen molar-refractivity contribution in [2.75, 3.05) is 55.7 Å². The van der Waals surface area contributed by atoms with E-state index in [9.17, 15) is 18.4 Å². The molecule has 1 atom stereocenters. The summed E-state index contributed by atoms with van der Waals surface area (Å²) in [6.07, 6.45) is -1.59. The minimum atomic E-state index is -0.778. The number of benzene rings is 1. The summed E-state index contributed by atoms with van der Waals surface area (Å²) in [5, 5.41) is 3.05. The summed E-state index contributed by atoms with van der Waals surface area (Å²) >= 11 is 5.21. The Bertz CT molecular complexity index is 854. The predicted molar refractivity (Wildman–Crippen MR) is 120 cm³/mol. The molecule has 8 nitrogen and oxygen atoms in total. The van der Waals surface area contributed by atoms with Crippen LogP contribution >= 0.6 is 12.2 Å². The number of anilines is 2. The van der Waals surface area contributed by atoms with Crippen LogP contribution in [0.2, 0.25) is 0 Å². The van der Waals surface area contributed by atoms with E-state index in [1.54, 1.807) is 11.8 Å². The van der Waals surface area contributed by atoms with Crippen LogP contribution in [0.1, 0.15) is 20.8 Å². The van der Waals surface area contributed by atoms with Crippen LogP contribution in [-0.2, 0) is 9.47 Å². The molecule has 1 aromatic rings. The maximum atomic E-state index is 14.9. The van der Waals surface area contributed by atoms with Gasteiger partial charge in [-0.3, -0.25) is 4.90 Å². The highest BCUT2D eigenvalue weighted by Gasteiger charge is 2.34. The first kappa shape index (κ1) is 24.0. The normalized spacial score (nSPS) is 18.8. The zero-order valence-corrected chi connectivity index (χ0v) is 19.2. The van der Waals surface area contributed by atoms with Gasteiger partial charge < -0.3 is 24.6 Å². The summed E-state index contributed by atoms with van der Waals surface area (Å²) in [5.41, 5.74) is -0.0850. The predicted octanol–water partition coefficient (Wildman–Crippen LogP) is 3.14. The number of thiocarbonyl (C=S) groups is 1. The van der Waals surface area contributed by atoms with E-state index < -0.39 is 29.9 Å². The molecule has 0 spiro atoms. The summed E-state index contributed by atoms with van der Waals surface area (Å²) < 4.78 is 40.1. The van der Waals surface area contributed by atoms with Crippen molar-refractivity contribution in [1.82, 2.24) is 10.2 Å². The number of ether oxygens (including phenoxy) is 2. The minimum Gasteiger partial charge on any atom is -0.450 e. The van der Waals surface area contributed by atoms with Crippen LogP contribution in [0, 0.1) is 17.6 Å². The molecule has 2 amide bonds. The molecule has 1 unspecified atom stereocenters. The molecule has 3 rings (SSSR count). The van der Waals surface area contributed by atoms with E-state index in [0.29, 0.717) is 24.6 Å². The van der Waals surface area contributed by atoms with Gasteiger partial charge in [-0.15, -0.1) is 0 Å². The minimum absolute atomic E-state index is 0.0906. The highest BCUT2D eigenvalue weighted by molar-refractivity contribution is 7.80. The van der Waals surface area contributed by atoms with Gasteiger partial charge >= 0.3 is 12.2 Å². The number of nitrogens with one attached hydrogen (secondary N) is 1. The molecule has 32 heavy (non-hydrogen) atoms. The van der Waals surface area contributed by atoms with Gasteiger partial charge in [0.05, 0.1) is 30.4 Å². The van der Waals surface area contributed by atoms with Crippen molar-refractivity contribution in [2.45, 2.75) is 26.9 Å². The lowest BCUT2D eigenvalue weighted by molar-refractivity contribution is 0.105. The van der Waals surface area contributed by atoms with Crippen molar-refractivity contribution in [3.05, 3.63) is 23.8 Å². The topological polar surface area (TPSA) is 74.3 Å². The van der Waals surface area contributed by atoms with E-state index in [1.165, 1.54) is 9.80 Å². The molecule has 0 saturated carbocycles. The molecular formula is C21H28F2N4O4S. The highest BCUT2D eigenvalue weighted by atomic mass is 32.1. The SMILES string of the molecule is CCOC(=O)N1CCN(c2c(F)cc(N3CC(CNC(=S)C(C)C)OC3=O)cc2F)CC1. The van der Waals surface area contributed by atoms with Gasteiger partial charge in [-0.25, -0.2) is 18.4 Å². The number of piperazine rings is 1. The number of hydrogen-bond donors (Lipinski definition) is 1. The van der Waals surface area contributed by atoms with E-state index >= 15 is 0 Å². The van der Waals surface area contributed by atoms with Crippen LogP contribution in [0.15, 0.2) is 12.1 Å². The maximum absolute atomic E-state index is 14.9. The Balaban J connectivity index is 1.65. The van der Waals surface area contributed by atoms with Crippen LogP contribution in [0.25, 0.3) is 0 Å². The lowest BCUT2D eigenvalue weighted by Crippen LogP contribution is -2.49. The molecule has 2 heterocycles. The largest absolute Gasteiger partial charge is 0.450 e. The maximum Gasteiger partial charge on any atom is 0.414 e. The average Bonchev–Trinajstić information content (AvgIpc) is 3.12. The third kappa shape index (κ3) is 5.37. The number of hydrogen-bond acceptors (Lipinski definition) is 6. The summed E-state index contributed by atoms with van der Waals surface area (Å²) in [5.74, 6) is -1.40. The smallest absolute Gasteiger partial charge is 0.414 e. The lowest BCUT2D eigenvalue weighted by Gasteiger charge is -2.35. The molecule has 176 valence electrons. The van der Waals surface area contributed by atoms with Crippen molar-refractivity contribution in [1.29, 1.82) is 0 Å². The van der Waals surface area contributed by atoms with E-state index in [4.69, 9.17) is 21.7 Å². The number of rotatable bonds is 6. The van der Waals surface area contributed by atoms with Gasteiger partial charge in [-0.2, -0.15) is 0 Å². The third-order valence-corrected chi connectivity index (χ3v) is 5.95. The molecule has 2 aliphatic heterocycles. The van der Waals surface area contributed by atoms with Gasteiger partial charge in [0.15, 0.2) is 11.6 Å². The second-order valence-corrected chi connectivity index (χ2v) is 8.39. The third-order valence-electron chi connectivity index (χ3n) is 5.34. The Morgan fingerprint density at radius 1 is 1.25 bits per heavy atom. The van der Waals surface area contributed by atoms with Crippen LogP contribution in [-0.4, -0.2) is 74.1 Å². The Morgan fingerprint density at radius 2 is 1.88 bits per heavy atom. The number of carbonyl (C=O) groups excluding carboxylic acids is 2. The van der Waals surface area contributed by atoms with Gasteiger partial charge in [-0.1, -0.05) is 26.1 Å². The number of nitrogens with zero attached hydrogens (tertiary/aromatic N) is 3. The van der Waals surface area contributed by atoms with Crippen molar-refractivity contribution in [3.8, 4) is 0 Å². The average molecular weight is 471 g/mol. The fraction of sp³-hybridized carbons (Fsp3) is 0.571. The Labute approximate surface area is 191 Å². The first-order chi connectivity index (χ1) is 15.2. The molecule has 1 aromatic carbocycles. The van der Waals surface area contributed by atoms with Crippen LogP contribution in [0.3, 0.4) is 0 Å². The Morgan fingerprint density at radius 3 is 2.44 bits per heavy atom.